The zero-order valence-corrected chi connectivity index (χ0v) is 10.8. The van der Waals surface area contributed by atoms with Crippen LogP contribution < -0.4 is 5.73 Å². The van der Waals surface area contributed by atoms with Gasteiger partial charge < -0.3 is 10.6 Å². The third-order valence-electron chi connectivity index (χ3n) is 4.28. The summed E-state index contributed by atoms with van der Waals surface area (Å²) in [7, 11) is 0. The van der Waals surface area contributed by atoms with Gasteiger partial charge in [-0.1, -0.05) is 0 Å². The fourth-order valence-electron chi connectivity index (χ4n) is 2.81. The normalized spacial score (nSPS) is 28.1. The van der Waals surface area contributed by atoms with Crippen LogP contribution >= 0.6 is 11.8 Å². The third-order valence-corrected chi connectivity index (χ3v) is 5.33. The quantitative estimate of drug-likeness (QED) is 0.824. The lowest BCUT2D eigenvalue weighted by Gasteiger charge is -2.43. The molecule has 0 atom stereocenters. The Hall–Kier alpha value is 0.200. The van der Waals surface area contributed by atoms with Crippen LogP contribution in [0.1, 0.15) is 25.7 Å². The average Bonchev–Trinajstić information content (AvgIpc) is 2.40. The summed E-state index contributed by atoms with van der Waals surface area (Å²) in [6, 6.07) is 0.761. The molecule has 0 amide bonds. The first kappa shape index (κ1) is 12.7. The molecule has 2 heterocycles. The van der Waals surface area contributed by atoms with E-state index in [0.717, 1.165) is 32.0 Å². The molecule has 0 spiro atoms. The average molecular weight is 246 g/mol. The van der Waals surface area contributed by atoms with Crippen LogP contribution in [0.25, 0.3) is 0 Å². The number of hydrogen-bond donors (Lipinski definition) is 1. The molecule has 2 N–H and O–H groups in total. The van der Waals surface area contributed by atoms with Crippen molar-refractivity contribution in [2.45, 2.75) is 31.7 Å². The minimum Gasteiger partial charge on any atom is -0.330 e. The summed E-state index contributed by atoms with van der Waals surface area (Å²) in [6.07, 6.45) is 4.53. The van der Waals surface area contributed by atoms with E-state index in [1.54, 1.807) is 0 Å². The van der Waals surface area contributed by atoms with Crippen LogP contribution in [0, 0.1) is 5.41 Å². The maximum atomic E-state index is 13.0. The van der Waals surface area contributed by atoms with Crippen molar-refractivity contribution in [3.63, 3.8) is 0 Å². The molecule has 2 saturated heterocycles. The Labute approximate surface area is 102 Å². The summed E-state index contributed by atoms with van der Waals surface area (Å²) in [5.74, 6) is 2.60. The summed E-state index contributed by atoms with van der Waals surface area (Å²) in [6.45, 7) is 2.38. The lowest BCUT2D eigenvalue weighted by Crippen LogP contribution is -2.49. The standard InChI is InChI=1S/C12H23FN2S/c13-9-12(10-14)3-5-15(6-4-12)11-1-7-16-8-2-11/h11H,1-10,14H2. The first-order chi connectivity index (χ1) is 7.79. The second-order valence-corrected chi connectivity index (χ2v) is 6.44. The van der Waals surface area contributed by atoms with Gasteiger partial charge in [-0.05, 0) is 50.3 Å². The minimum absolute atomic E-state index is 0.195. The summed E-state index contributed by atoms with van der Waals surface area (Å²) < 4.78 is 13.0. The Bertz CT molecular complexity index is 205. The van der Waals surface area contributed by atoms with Gasteiger partial charge in [0, 0.05) is 18.0 Å². The number of hydrogen-bond acceptors (Lipinski definition) is 3. The highest BCUT2D eigenvalue weighted by Crippen LogP contribution is 2.33. The number of alkyl halides is 1. The fourth-order valence-corrected chi connectivity index (χ4v) is 3.89. The predicted octanol–water partition coefficient (Wildman–Crippen LogP) is 1.89. The van der Waals surface area contributed by atoms with Crippen LogP contribution in [0.3, 0.4) is 0 Å². The molecule has 16 heavy (non-hydrogen) atoms. The highest BCUT2D eigenvalue weighted by Gasteiger charge is 2.35. The first-order valence-electron chi connectivity index (χ1n) is 6.37. The van der Waals surface area contributed by atoms with Gasteiger partial charge in [0.05, 0.1) is 6.67 Å². The first-order valence-corrected chi connectivity index (χ1v) is 7.53. The van der Waals surface area contributed by atoms with Crippen molar-refractivity contribution in [1.29, 1.82) is 0 Å². The van der Waals surface area contributed by atoms with Crippen molar-refractivity contribution in [2.24, 2.45) is 11.1 Å². The summed E-state index contributed by atoms with van der Waals surface area (Å²) in [5.41, 5.74) is 5.52. The summed E-state index contributed by atoms with van der Waals surface area (Å²) >= 11 is 2.06. The number of nitrogens with two attached hydrogens (primary N) is 1. The van der Waals surface area contributed by atoms with Gasteiger partial charge in [0.25, 0.3) is 0 Å². The molecule has 2 aliphatic rings. The van der Waals surface area contributed by atoms with Gasteiger partial charge in [-0.3, -0.25) is 4.39 Å². The number of nitrogens with zero attached hydrogens (tertiary/aromatic N) is 1. The van der Waals surface area contributed by atoms with Gasteiger partial charge in [0.15, 0.2) is 0 Å². The van der Waals surface area contributed by atoms with E-state index in [1.807, 2.05) is 0 Å². The van der Waals surface area contributed by atoms with E-state index in [1.165, 1.54) is 24.3 Å². The Balaban J connectivity index is 1.84. The van der Waals surface area contributed by atoms with E-state index in [0.29, 0.717) is 6.54 Å². The van der Waals surface area contributed by atoms with Crippen molar-refractivity contribution < 1.29 is 4.39 Å². The summed E-state index contributed by atoms with van der Waals surface area (Å²) in [5, 5.41) is 0. The molecule has 0 aromatic rings. The zero-order valence-electron chi connectivity index (χ0n) is 9.96. The molecule has 2 aliphatic heterocycles. The lowest BCUT2D eigenvalue weighted by molar-refractivity contribution is 0.0563. The minimum atomic E-state index is -0.238. The monoisotopic (exact) mass is 246 g/mol. The molecule has 2 fully saturated rings. The highest BCUT2D eigenvalue weighted by atomic mass is 32.2. The topological polar surface area (TPSA) is 29.3 Å². The molecular weight excluding hydrogens is 223 g/mol. The van der Waals surface area contributed by atoms with Gasteiger partial charge in [-0.2, -0.15) is 11.8 Å². The van der Waals surface area contributed by atoms with Crippen LogP contribution in [0.5, 0.6) is 0 Å². The smallest absolute Gasteiger partial charge is 0.0963 e. The van der Waals surface area contributed by atoms with Crippen LogP contribution in [0.4, 0.5) is 4.39 Å². The fraction of sp³-hybridized carbons (Fsp3) is 1.00. The number of thioether (sulfide) groups is 1. The highest BCUT2D eigenvalue weighted by molar-refractivity contribution is 7.99. The molecule has 94 valence electrons. The Morgan fingerprint density at radius 2 is 1.88 bits per heavy atom. The largest absolute Gasteiger partial charge is 0.330 e. The van der Waals surface area contributed by atoms with E-state index in [4.69, 9.17) is 5.73 Å². The Kier molecular flexibility index (Phi) is 4.50. The summed E-state index contributed by atoms with van der Waals surface area (Å²) in [4.78, 5) is 2.57. The van der Waals surface area contributed by atoms with E-state index in [9.17, 15) is 4.39 Å². The molecule has 0 unspecified atom stereocenters. The molecule has 0 aromatic heterocycles. The van der Waals surface area contributed by atoms with E-state index in [-0.39, 0.29) is 12.1 Å². The van der Waals surface area contributed by atoms with Gasteiger partial charge in [0.2, 0.25) is 0 Å². The Morgan fingerprint density at radius 1 is 1.25 bits per heavy atom. The Morgan fingerprint density at radius 3 is 2.38 bits per heavy atom. The van der Waals surface area contributed by atoms with Crippen molar-refractivity contribution in [1.82, 2.24) is 4.90 Å². The molecular formula is C12H23FN2S. The van der Waals surface area contributed by atoms with Crippen molar-refractivity contribution >= 4 is 11.8 Å². The molecule has 0 saturated carbocycles. The van der Waals surface area contributed by atoms with Gasteiger partial charge >= 0.3 is 0 Å². The van der Waals surface area contributed by atoms with Gasteiger partial charge in [-0.25, -0.2) is 0 Å². The van der Waals surface area contributed by atoms with Crippen molar-refractivity contribution in [2.75, 3.05) is 37.8 Å². The van der Waals surface area contributed by atoms with Crippen LogP contribution in [0.2, 0.25) is 0 Å². The molecule has 0 aliphatic carbocycles. The van der Waals surface area contributed by atoms with E-state index in [2.05, 4.69) is 16.7 Å². The zero-order chi connectivity index (χ0) is 11.4. The SMILES string of the molecule is NCC1(CF)CCN(C2CCSCC2)CC1. The van der Waals surface area contributed by atoms with E-state index >= 15 is 0 Å². The van der Waals surface area contributed by atoms with Gasteiger partial charge in [0.1, 0.15) is 0 Å². The number of halogens is 1. The lowest BCUT2D eigenvalue weighted by atomic mass is 9.79. The van der Waals surface area contributed by atoms with Crippen molar-refractivity contribution in [3.05, 3.63) is 0 Å². The van der Waals surface area contributed by atoms with Crippen LogP contribution in [-0.2, 0) is 0 Å². The molecule has 0 aromatic carbocycles. The number of piperidine rings is 1. The third kappa shape index (κ3) is 2.71. The maximum absolute atomic E-state index is 13.0. The maximum Gasteiger partial charge on any atom is 0.0963 e. The van der Waals surface area contributed by atoms with Crippen molar-refractivity contribution in [3.8, 4) is 0 Å². The van der Waals surface area contributed by atoms with E-state index < -0.39 is 0 Å². The number of rotatable bonds is 3. The molecule has 2 nitrogen and oxygen atoms in total. The molecule has 2 rings (SSSR count). The second kappa shape index (κ2) is 5.69. The molecule has 0 radical (unpaired) electrons. The predicted molar refractivity (Wildman–Crippen MR) is 68.6 cm³/mol. The number of likely N-dealkylation sites (tertiary alicyclic amines) is 1. The second-order valence-electron chi connectivity index (χ2n) is 5.22. The van der Waals surface area contributed by atoms with Gasteiger partial charge in [-0.15, -0.1) is 0 Å². The molecule has 0 bridgehead atoms. The van der Waals surface area contributed by atoms with Crippen LogP contribution in [-0.4, -0.2) is 48.8 Å². The van der Waals surface area contributed by atoms with Crippen LogP contribution in [0.15, 0.2) is 0 Å². The molecule has 4 heteroatoms.